The molecule has 1 aliphatic heterocycles. The first-order valence-electron chi connectivity index (χ1n) is 6.94. The highest BCUT2D eigenvalue weighted by Crippen LogP contribution is 2.29. The number of amides is 1. The molecule has 1 aliphatic rings. The maximum atomic E-state index is 12.3. The summed E-state index contributed by atoms with van der Waals surface area (Å²) in [5.74, 6) is 0.0486. The molecule has 1 aromatic rings. The van der Waals surface area contributed by atoms with Crippen LogP contribution in [0.4, 0.5) is 5.69 Å². The molecule has 2 atom stereocenters. The number of carbonyl (C=O) groups is 1. The zero-order valence-corrected chi connectivity index (χ0v) is 14.2. The first-order valence-corrected chi connectivity index (χ1v) is 8.02. The first kappa shape index (κ1) is 15.7. The number of likely N-dealkylation sites (tertiary alicyclic amines) is 1. The maximum absolute atomic E-state index is 12.3. The highest BCUT2D eigenvalue weighted by atomic mass is 127. The number of nitrogens with one attached hydrogen (secondary N) is 1. The Hall–Kier alpha value is -0.660. The minimum absolute atomic E-state index is 0.0486. The van der Waals surface area contributed by atoms with Gasteiger partial charge in [0.15, 0.2) is 0 Å². The Morgan fingerprint density at radius 1 is 1.50 bits per heavy atom. The predicted octanol–water partition coefficient (Wildman–Crippen LogP) is 2.29. The van der Waals surface area contributed by atoms with Crippen molar-refractivity contribution in [1.29, 1.82) is 0 Å². The highest BCUT2D eigenvalue weighted by molar-refractivity contribution is 14.1. The summed E-state index contributed by atoms with van der Waals surface area (Å²) >= 11 is 2.25. The average molecular weight is 387 g/mol. The van der Waals surface area contributed by atoms with E-state index in [-0.39, 0.29) is 17.4 Å². The summed E-state index contributed by atoms with van der Waals surface area (Å²) in [6, 6.07) is 7.72. The number of halogens is 1. The first-order chi connectivity index (χ1) is 9.43. The number of hydrogen-bond donors (Lipinski definition) is 2. The van der Waals surface area contributed by atoms with Crippen molar-refractivity contribution in [2.45, 2.75) is 26.3 Å². The van der Waals surface area contributed by atoms with E-state index < -0.39 is 0 Å². The standard InChI is InChI=1S/C15H22IN3O/c1-11(19-8-7-15(2,9-17)10-19)14(20)18-13-5-3-12(16)4-6-13/h3-6,11H,7-10,17H2,1-2H3,(H,18,20). The Labute approximate surface area is 134 Å². The van der Waals surface area contributed by atoms with Crippen LogP contribution < -0.4 is 11.1 Å². The molecule has 0 radical (unpaired) electrons. The van der Waals surface area contributed by atoms with Crippen LogP contribution in [0, 0.1) is 8.99 Å². The monoisotopic (exact) mass is 387 g/mol. The van der Waals surface area contributed by atoms with E-state index in [1.807, 2.05) is 31.2 Å². The number of benzene rings is 1. The topological polar surface area (TPSA) is 58.4 Å². The molecule has 1 amide bonds. The molecule has 3 N–H and O–H groups in total. The van der Waals surface area contributed by atoms with Gasteiger partial charge < -0.3 is 11.1 Å². The van der Waals surface area contributed by atoms with Crippen molar-refractivity contribution in [3.05, 3.63) is 27.8 Å². The molecule has 5 heteroatoms. The third-order valence-corrected chi connectivity index (χ3v) is 4.84. The fraction of sp³-hybridized carbons (Fsp3) is 0.533. The van der Waals surface area contributed by atoms with Crippen LogP contribution in [0.25, 0.3) is 0 Å². The number of rotatable bonds is 4. The summed E-state index contributed by atoms with van der Waals surface area (Å²) in [7, 11) is 0. The van der Waals surface area contributed by atoms with E-state index in [2.05, 4.69) is 39.7 Å². The van der Waals surface area contributed by atoms with Gasteiger partial charge in [-0.25, -0.2) is 0 Å². The molecule has 110 valence electrons. The lowest BCUT2D eigenvalue weighted by Gasteiger charge is -2.26. The molecule has 2 rings (SSSR count). The number of anilines is 1. The number of hydrogen-bond acceptors (Lipinski definition) is 3. The lowest BCUT2D eigenvalue weighted by Crippen LogP contribution is -2.42. The molecule has 0 spiro atoms. The van der Waals surface area contributed by atoms with Gasteiger partial charge in [0.1, 0.15) is 0 Å². The lowest BCUT2D eigenvalue weighted by molar-refractivity contribution is -0.120. The molecule has 1 fully saturated rings. The van der Waals surface area contributed by atoms with E-state index in [1.54, 1.807) is 0 Å². The van der Waals surface area contributed by atoms with E-state index in [0.29, 0.717) is 6.54 Å². The van der Waals surface area contributed by atoms with Crippen LogP contribution in [-0.4, -0.2) is 36.5 Å². The zero-order chi connectivity index (χ0) is 14.8. The lowest BCUT2D eigenvalue weighted by atomic mass is 9.90. The minimum atomic E-state index is -0.123. The van der Waals surface area contributed by atoms with Crippen molar-refractivity contribution in [2.24, 2.45) is 11.1 Å². The molecule has 0 aromatic heterocycles. The summed E-state index contributed by atoms with van der Waals surface area (Å²) < 4.78 is 1.16. The number of nitrogens with zero attached hydrogens (tertiary/aromatic N) is 1. The van der Waals surface area contributed by atoms with Gasteiger partial charge in [-0.3, -0.25) is 9.69 Å². The Morgan fingerprint density at radius 3 is 2.70 bits per heavy atom. The smallest absolute Gasteiger partial charge is 0.241 e. The molecule has 0 bridgehead atoms. The zero-order valence-electron chi connectivity index (χ0n) is 12.0. The fourth-order valence-corrected chi connectivity index (χ4v) is 2.86. The van der Waals surface area contributed by atoms with Crippen LogP contribution in [0.15, 0.2) is 24.3 Å². The molecule has 0 saturated carbocycles. The van der Waals surface area contributed by atoms with Crippen molar-refractivity contribution in [2.75, 3.05) is 25.0 Å². The third kappa shape index (κ3) is 3.71. The van der Waals surface area contributed by atoms with Gasteiger partial charge in [0, 0.05) is 15.8 Å². The predicted molar refractivity (Wildman–Crippen MR) is 90.6 cm³/mol. The Bertz CT molecular complexity index is 477. The summed E-state index contributed by atoms with van der Waals surface area (Å²) in [5.41, 5.74) is 6.82. The second kappa shape index (κ2) is 6.41. The van der Waals surface area contributed by atoms with Crippen LogP contribution in [0.2, 0.25) is 0 Å². The van der Waals surface area contributed by atoms with Crippen LogP contribution in [0.1, 0.15) is 20.3 Å². The highest BCUT2D eigenvalue weighted by Gasteiger charge is 2.36. The molecule has 20 heavy (non-hydrogen) atoms. The van der Waals surface area contributed by atoms with Gasteiger partial charge in [-0.2, -0.15) is 0 Å². The van der Waals surface area contributed by atoms with Gasteiger partial charge in [0.2, 0.25) is 5.91 Å². The number of nitrogens with two attached hydrogens (primary N) is 1. The second-order valence-electron chi connectivity index (χ2n) is 5.91. The van der Waals surface area contributed by atoms with Gasteiger partial charge in [-0.15, -0.1) is 0 Å². The van der Waals surface area contributed by atoms with E-state index in [4.69, 9.17) is 5.73 Å². The quantitative estimate of drug-likeness (QED) is 0.780. The minimum Gasteiger partial charge on any atom is -0.330 e. The Kier molecular flexibility index (Phi) is 5.04. The summed E-state index contributed by atoms with van der Waals surface area (Å²) in [4.78, 5) is 14.5. The van der Waals surface area contributed by atoms with Crippen LogP contribution in [0.3, 0.4) is 0 Å². The summed E-state index contributed by atoms with van der Waals surface area (Å²) in [5, 5.41) is 2.98. The molecule has 1 aromatic carbocycles. The van der Waals surface area contributed by atoms with Gasteiger partial charge in [0.25, 0.3) is 0 Å². The van der Waals surface area contributed by atoms with Gasteiger partial charge >= 0.3 is 0 Å². The van der Waals surface area contributed by atoms with E-state index in [1.165, 1.54) is 0 Å². The van der Waals surface area contributed by atoms with E-state index in [0.717, 1.165) is 28.8 Å². The molecule has 1 saturated heterocycles. The van der Waals surface area contributed by atoms with Gasteiger partial charge in [-0.05, 0) is 78.7 Å². The van der Waals surface area contributed by atoms with E-state index in [9.17, 15) is 4.79 Å². The average Bonchev–Trinajstić information content (AvgIpc) is 2.84. The van der Waals surface area contributed by atoms with Gasteiger partial charge in [0.05, 0.1) is 6.04 Å². The molecule has 4 nitrogen and oxygen atoms in total. The molecule has 0 aliphatic carbocycles. The van der Waals surface area contributed by atoms with Crippen molar-refractivity contribution < 1.29 is 4.79 Å². The number of carbonyl (C=O) groups excluding carboxylic acids is 1. The van der Waals surface area contributed by atoms with Crippen molar-refractivity contribution in [3.63, 3.8) is 0 Å². The maximum Gasteiger partial charge on any atom is 0.241 e. The molecule has 2 unspecified atom stereocenters. The van der Waals surface area contributed by atoms with Crippen LogP contribution >= 0.6 is 22.6 Å². The van der Waals surface area contributed by atoms with Crippen molar-refractivity contribution in [3.8, 4) is 0 Å². The molecular formula is C15H22IN3O. The largest absolute Gasteiger partial charge is 0.330 e. The van der Waals surface area contributed by atoms with Crippen LogP contribution in [0.5, 0.6) is 0 Å². The Balaban J connectivity index is 1.94. The molecular weight excluding hydrogens is 365 g/mol. The van der Waals surface area contributed by atoms with Crippen LogP contribution in [-0.2, 0) is 4.79 Å². The van der Waals surface area contributed by atoms with Crippen molar-refractivity contribution >= 4 is 34.2 Å². The van der Waals surface area contributed by atoms with Crippen molar-refractivity contribution in [1.82, 2.24) is 4.90 Å². The normalized spacial score (nSPS) is 24.6. The third-order valence-electron chi connectivity index (χ3n) is 4.12. The van der Waals surface area contributed by atoms with E-state index >= 15 is 0 Å². The summed E-state index contributed by atoms with van der Waals surface area (Å²) in [6.07, 6.45) is 1.06. The second-order valence-corrected chi connectivity index (χ2v) is 7.15. The van der Waals surface area contributed by atoms with Gasteiger partial charge in [-0.1, -0.05) is 6.92 Å². The molecule has 1 heterocycles. The SMILES string of the molecule is CC(C(=O)Nc1ccc(I)cc1)N1CCC(C)(CN)C1. The fourth-order valence-electron chi connectivity index (χ4n) is 2.50. The Morgan fingerprint density at radius 2 is 2.15 bits per heavy atom. The summed E-state index contributed by atoms with van der Waals surface area (Å²) in [6.45, 7) is 6.66.